The number of hydrogen-bond acceptors (Lipinski definition) is 5. The van der Waals surface area contributed by atoms with Gasteiger partial charge < -0.3 is 19.1 Å². The highest BCUT2D eigenvalue weighted by atomic mass is 32.1. The van der Waals surface area contributed by atoms with Gasteiger partial charge in [-0.2, -0.15) is 0 Å². The zero-order chi connectivity index (χ0) is 16.9. The van der Waals surface area contributed by atoms with E-state index in [1.165, 1.54) is 0 Å². The fourth-order valence-corrected chi connectivity index (χ4v) is 3.71. The minimum absolute atomic E-state index is 0.0207. The third-order valence-corrected chi connectivity index (χ3v) is 4.98. The van der Waals surface area contributed by atoms with Crippen LogP contribution < -0.4 is 9.47 Å². The molecule has 1 aromatic carbocycles. The fraction of sp³-hybridized carbons (Fsp3) is 0.389. The molecule has 0 radical (unpaired) electrons. The lowest BCUT2D eigenvalue weighted by atomic mass is 9.95. The maximum absolute atomic E-state index is 12.6. The van der Waals surface area contributed by atoms with Crippen LogP contribution in [0.4, 0.5) is 0 Å². The van der Waals surface area contributed by atoms with Crippen LogP contribution >= 0.6 is 11.3 Å². The van der Waals surface area contributed by atoms with Crippen LogP contribution in [0.25, 0.3) is 0 Å². The molecular weight excluding hydrogens is 326 g/mol. The molecule has 0 aliphatic carbocycles. The molecule has 1 amide bonds. The first-order valence-electron chi connectivity index (χ1n) is 7.88. The van der Waals surface area contributed by atoms with Gasteiger partial charge in [0.15, 0.2) is 0 Å². The molecule has 0 spiro atoms. The van der Waals surface area contributed by atoms with Gasteiger partial charge in [0.05, 0.1) is 7.11 Å². The molecule has 2 aromatic rings. The van der Waals surface area contributed by atoms with E-state index in [0.29, 0.717) is 24.7 Å². The molecule has 1 aliphatic rings. The molecule has 6 heteroatoms. The summed E-state index contributed by atoms with van der Waals surface area (Å²) in [4.78, 5) is 15.6. The third kappa shape index (κ3) is 3.39. The molecule has 1 saturated heterocycles. The van der Waals surface area contributed by atoms with E-state index in [4.69, 9.17) is 14.2 Å². The lowest BCUT2D eigenvalue weighted by molar-refractivity contribution is -0.164. The van der Waals surface area contributed by atoms with Crippen molar-refractivity contribution in [2.75, 3.05) is 27.4 Å². The Balaban J connectivity index is 1.74. The zero-order valence-corrected chi connectivity index (χ0v) is 14.6. The number of thiophene rings is 1. The number of rotatable bonds is 8. The van der Waals surface area contributed by atoms with Crippen LogP contribution in [0.1, 0.15) is 17.3 Å². The normalized spacial score (nSPS) is 19.9. The van der Waals surface area contributed by atoms with Gasteiger partial charge in [-0.05, 0) is 30.0 Å². The number of nitrogens with zero attached hydrogens (tertiary/aromatic N) is 1. The third-order valence-electron chi connectivity index (χ3n) is 4.04. The van der Waals surface area contributed by atoms with Crippen LogP contribution in [0.5, 0.6) is 11.5 Å². The highest BCUT2D eigenvalue weighted by molar-refractivity contribution is 7.10. The van der Waals surface area contributed by atoms with E-state index >= 15 is 0 Å². The van der Waals surface area contributed by atoms with Crippen molar-refractivity contribution >= 4 is 17.2 Å². The number of amides is 1. The molecule has 0 N–H and O–H groups in total. The Labute approximate surface area is 145 Å². The van der Waals surface area contributed by atoms with Gasteiger partial charge in [0, 0.05) is 31.2 Å². The van der Waals surface area contributed by atoms with Gasteiger partial charge in [-0.1, -0.05) is 12.1 Å². The van der Waals surface area contributed by atoms with Crippen molar-refractivity contribution < 1.29 is 19.0 Å². The summed E-state index contributed by atoms with van der Waals surface area (Å²) in [5.41, 5.74) is 0. The van der Waals surface area contributed by atoms with Gasteiger partial charge in [0.2, 0.25) is 6.10 Å². The molecule has 1 aliphatic heterocycles. The van der Waals surface area contributed by atoms with Crippen LogP contribution in [-0.2, 0) is 9.53 Å². The highest BCUT2D eigenvalue weighted by Gasteiger charge is 2.50. The maximum Gasteiger partial charge on any atom is 0.266 e. The Morgan fingerprint density at radius 1 is 1.17 bits per heavy atom. The Morgan fingerprint density at radius 2 is 2.00 bits per heavy atom. The summed E-state index contributed by atoms with van der Waals surface area (Å²) in [6.07, 6.45) is 0.328. The predicted octanol–water partition coefficient (Wildman–Crippen LogP) is 3.12. The smallest absolute Gasteiger partial charge is 0.266 e. The first-order valence-corrected chi connectivity index (χ1v) is 8.76. The average molecular weight is 347 g/mol. The van der Waals surface area contributed by atoms with Crippen molar-refractivity contribution in [1.29, 1.82) is 0 Å². The molecular formula is C18H21NO4S. The van der Waals surface area contributed by atoms with Crippen molar-refractivity contribution in [1.82, 2.24) is 4.90 Å². The minimum Gasteiger partial charge on any atom is -0.497 e. The SMILES string of the molecule is COCCCN1C(=O)[C@@H](Oc2cccc(OC)c2)[C@H]1c1cccs1. The molecule has 0 bridgehead atoms. The lowest BCUT2D eigenvalue weighted by Crippen LogP contribution is -2.61. The van der Waals surface area contributed by atoms with E-state index in [1.54, 1.807) is 31.6 Å². The molecule has 5 nitrogen and oxygen atoms in total. The largest absolute Gasteiger partial charge is 0.497 e. The van der Waals surface area contributed by atoms with Gasteiger partial charge in [-0.25, -0.2) is 0 Å². The summed E-state index contributed by atoms with van der Waals surface area (Å²) in [6, 6.07) is 11.4. The van der Waals surface area contributed by atoms with E-state index in [0.717, 1.165) is 11.3 Å². The maximum atomic E-state index is 12.6. The topological polar surface area (TPSA) is 48.0 Å². The summed E-state index contributed by atoms with van der Waals surface area (Å²) in [7, 11) is 3.28. The molecule has 3 rings (SSSR count). The number of β-lactam (4-membered cyclic amide) rings is 1. The van der Waals surface area contributed by atoms with Gasteiger partial charge in [0.25, 0.3) is 5.91 Å². The highest BCUT2D eigenvalue weighted by Crippen LogP contribution is 2.40. The molecule has 0 saturated carbocycles. The lowest BCUT2D eigenvalue weighted by Gasteiger charge is -2.46. The molecule has 1 fully saturated rings. The number of benzene rings is 1. The predicted molar refractivity (Wildman–Crippen MR) is 92.7 cm³/mol. The molecule has 2 heterocycles. The minimum atomic E-state index is -0.488. The molecule has 1 aromatic heterocycles. The van der Waals surface area contributed by atoms with Crippen molar-refractivity contribution in [3.05, 3.63) is 46.7 Å². The van der Waals surface area contributed by atoms with Crippen LogP contribution in [0.2, 0.25) is 0 Å². The summed E-state index contributed by atoms with van der Waals surface area (Å²) >= 11 is 1.64. The van der Waals surface area contributed by atoms with E-state index in [1.807, 2.05) is 40.6 Å². The number of methoxy groups -OCH3 is 2. The van der Waals surface area contributed by atoms with Crippen molar-refractivity contribution in [3.8, 4) is 11.5 Å². The monoisotopic (exact) mass is 347 g/mol. The Bertz CT molecular complexity index is 673. The van der Waals surface area contributed by atoms with E-state index in [9.17, 15) is 4.79 Å². The number of carbonyl (C=O) groups excluding carboxylic acids is 1. The van der Waals surface area contributed by atoms with Gasteiger partial charge >= 0.3 is 0 Å². The quantitative estimate of drug-likeness (QED) is 0.544. The molecule has 24 heavy (non-hydrogen) atoms. The van der Waals surface area contributed by atoms with Crippen molar-refractivity contribution in [2.45, 2.75) is 18.6 Å². The zero-order valence-electron chi connectivity index (χ0n) is 13.8. The summed E-state index contributed by atoms with van der Waals surface area (Å²) in [5, 5.41) is 2.02. The van der Waals surface area contributed by atoms with E-state index in [-0.39, 0.29) is 11.9 Å². The number of ether oxygens (including phenoxy) is 3. The van der Waals surface area contributed by atoms with Crippen LogP contribution in [-0.4, -0.2) is 44.3 Å². The second kappa shape index (κ2) is 7.68. The first-order chi connectivity index (χ1) is 11.7. The van der Waals surface area contributed by atoms with Crippen LogP contribution in [0, 0.1) is 0 Å². The van der Waals surface area contributed by atoms with Crippen molar-refractivity contribution in [2.24, 2.45) is 0 Å². The van der Waals surface area contributed by atoms with Crippen LogP contribution in [0.3, 0.4) is 0 Å². The Morgan fingerprint density at radius 3 is 2.71 bits per heavy atom. The van der Waals surface area contributed by atoms with Crippen LogP contribution in [0.15, 0.2) is 41.8 Å². The number of likely N-dealkylation sites (tertiary alicyclic amines) is 1. The van der Waals surface area contributed by atoms with Gasteiger partial charge in [-0.15, -0.1) is 11.3 Å². The summed E-state index contributed by atoms with van der Waals surface area (Å²) < 4.78 is 16.3. The molecule has 128 valence electrons. The van der Waals surface area contributed by atoms with E-state index < -0.39 is 6.10 Å². The average Bonchev–Trinajstić information content (AvgIpc) is 3.13. The van der Waals surface area contributed by atoms with Gasteiger partial charge in [-0.3, -0.25) is 4.79 Å². The fourth-order valence-electron chi connectivity index (χ4n) is 2.84. The number of hydrogen-bond donors (Lipinski definition) is 0. The molecule has 0 unspecified atom stereocenters. The first kappa shape index (κ1) is 16.8. The van der Waals surface area contributed by atoms with E-state index in [2.05, 4.69) is 0 Å². The second-order valence-corrected chi connectivity index (χ2v) is 6.53. The van der Waals surface area contributed by atoms with Gasteiger partial charge in [0.1, 0.15) is 17.5 Å². The summed E-state index contributed by atoms with van der Waals surface area (Å²) in [6.45, 7) is 1.32. The standard InChI is InChI=1S/C18H21NO4S/c1-21-10-5-9-19-16(15-8-4-11-24-15)17(18(19)20)23-14-7-3-6-13(12-14)22-2/h3-4,6-8,11-12,16-17H,5,9-10H2,1-2H3/t16-,17+/m1/s1. The summed E-state index contributed by atoms with van der Waals surface area (Å²) in [5.74, 6) is 1.38. The Hall–Kier alpha value is -2.05. The second-order valence-electron chi connectivity index (χ2n) is 5.56. The Kier molecular flexibility index (Phi) is 5.37. The number of carbonyl (C=O) groups is 1. The van der Waals surface area contributed by atoms with Crippen molar-refractivity contribution in [3.63, 3.8) is 0 Å². The molecule has 2 atom stereocenters.